The first-order valence-corrected chi connectivity index (χ1v) is 4.62. The van der Waals surface area contributed by atoms with Gasteiger partial charge in [-0.1, -0.05) is 15.9 Å². The van der Waals surface area contributed by atoms with Crippen LogP contribution in [0.2, 0.25) is 0 Å². The van der Waals surface area contributed by atoms with Crippen LogP contribution >= 0.6 is 15.9 Å². The van der Waals surface area contributed by atoms with Crippen LogP contribution in [0.5, 0.6) is 0 Å². The SMILES string of the molecule is C/C(N)=C/C(=O)c1ccc(Br)cc1. The van der Waals surface area contributed by atoms with Gasteiger partial charge in [0.05, 0.1) is 0 Å². The molecule has 0 aromatic heterocycles. The van der Waals surface area contributed by atoms with Gasteiger partial charge in [0.25, 0.3) is 0 Å². The van der Waals surface area contributed by atoms with Crippen LogP contribution in [0.4, 0.5) is 0 Å². The summed E-state index contributed by atoms with van der Waals surface area (Å²) >= 11 is 3.29. The van der Waals surface area contributed by atoms with Crippen molar-refractivity contribution in [3.05, 3.63) is 46.1 Å². The summed E-state index contributed by atoms with van der Waals surface area (Å²) in [6.45, 7) is 1.69. The van der Waals surface area contributed by atoms with Gasteiger partial charge in [-0.25, -0.2) is 0 Å². The van der Waals surface area contributed by atoms with Crippen LogP contribution in [0.15, 0.2) is 40.5 Å². The van der Waals surface area contributed by atoms with Gasteiger partial charge < -0.3 is 5.73 Å². The third-order valence-corrected chi connectivity index (χ3v) is 2.02. The Labute approximate surface area is 85.6 Å². The second kappa shape index (κ2) is 4.23. The second-order valence-electron chi connectivity index (χ2n) is 2.76. The number of hydrogen-bond acceptors (Lipinski definition) is 2. The number of allylic oxidation sites excluding steroid dienone is 2. The lowest BCUT2D eigenvalue weighted by atomic mass is 10.1. The van der Waals surface area contributed by atoms with E-state index in [-0.39, 0.29) is 5.78 Å². The highest BCUT2D eigenvalue weighted by atomic mass is 79.9. The molecule has 0 bridgehead atoms. The Morgan fingerprint density at radius 1 is 1.38 bits per heavy atom. The summed E-state index contributed by atoms with van der Waals surface area (Å²) < 4.78 is 0.956. The van der Waals surface area contributed by atoms with E-state index in [1.807, 2.05) is 12.1 Å². The zero-order chi connectivity index (χ0) is 9.84. The van der Waals surface area contributed by atoms with Gasteiger partial charge in [-0.2, -0.15) is 0 Å². The maximum atomic E-state index is 11.4. The van der Waals surface area contributed by atoms with Crippen molar-refractivity contribution in [3.8, 4) is 0 Å². The Bertz CT molecular complexity index is 336. The Morgan fingerprint density at radius 3 is 2.38 bits per heavy atom. The van der Waals surface area contributed by atoms with E-state index in [1.165, 1.54) is 6.08 Å². The number of carbonyl (C=O) groups is 1. The number of rotatable bonds is 2. The third kappa shape index (κ3) is 3.03. The summed E-state index contributed by atoms with van der Waals surface area (Å²) in [6, 6.07) is 7.16. The molecule has 0 heterocycles. The van der Waals surface area contributed by atoms with E-state index >= 15 is 0 Å². The molecule has 68 valence electrons. The highest BCUT2D eigenvalue weighted by Gasteiger charge is 2.00. The molecule has 1 rings (SSSR count). The fourth-order valence-corrected chi connectivity index (χ4v) is 1.17. The normalized spacial score (nSPS) is 11.4. The maximum Gasteiger partial charge on any atom is 0.187 e. The van der Waals surface area contributed by atoms with E-state index < -0.39 is 0 Å². The average molecular weight is 240 g/mol. The molecule has 0 saturated carbocycles. The lowest BCUT2D eigenvalue weighted by Crippen LogP contribution is -1.99. The lowest BCUT2D eigenvalue weighted by molar-refractivity contribution is 0.104. The fraction of sp³-hybridized carbons (Fsp3) is 0.100. The molecule has 0 aliphatic carbocycles. The van der Waals surface area contributed by atoms with Gasteiger partial charge in [0.1, 0.15) is 0 Å². The molecule has 0 fully saturated rings. The summed E-state index contributed by atoms with van der Waals surface area (Å²) in [5.41, 5.74) is 6.56. The van der Waals surface area contributed by atoms with E-state index in [1.54, 1.807) is 19.1 Å². The molecule has 0 radical (unpaired) electrons. The summed E-state index contributed by atoms with van der Waals surface area (Å²) in [7, 11) is 0. The van der Waals surface area contributed by atoms with Gasteiger partial charge >= 0.3 is 0 Å². The standard InChI is InChI=1S/C10H10BrNO/c1-7(12)6-10(13)8-2-4-9(11)5-3-8/h2-6H,12H2,1H3/b7-6-. The summed E-state index contributed by atoms with van der Waals surface area (Å²) in [6.07, 6.45) is 1.42. The van der Waals surface area contributed by atoms with E-state index in [4.69, 9.17) is 5.73 Å². The minimum absolute atomic E-state index is 0.0625. The molecule has 0 amide bonds. The van der Waals surface area contributed by atoms with E-state index in [0.29, 0.717) is 11.3 Å². The van der Waals surface area contributed by atoms with Gasteiger partial charge in [0.2, 0.25) is 0 Å². The van der Waals surface area contributed by atoms with Crippen molar-refractivity contribution in [2.45, 2.75) is 6.92 Å². The predicted octanol–water partition coefficient (Wildman–Crippen LogP) is 2.49. The number of carbonyl (C=O) groups excluding carboxylic acids is 1. The number of nitrogens with two attached hydrogens (primary N) is 1. The van der Waals surface area contributed by atoms with E-state index in [0.717, 1.165) is 4.47 Å². The Morgan fingerprint density at radius 2 is 1.92 bits per heavy atom. The molecular weight excluding hydrogens is 230 g/mol. The first-order chi connectivity index (χ1) is 6.09. The van der Waals surface area contributed by atoms with Crippen LogP contribution in [0.25, 0.3) is 0 Å². The zero-order valence-corrected chi connectivity index (χ0v) is 8.84. The first kappa shape index (κ1) is 9.99. The summed E-state index contributed by atoms with van der Waals surface area (Å²) in [4.78, 5) is 11.4. The molecule has 1 aromatic rings. The number of hydrogen-bond donors (Lipinski definition) is 1. The Balaban J connectivity index is 2.90. The van der Waals surface area contributed by atoms with Gasteiger partial charge in [-0.15, -0.1) is 0 Å². The molecule has 0 spiro atoms. The molecule has 1 aromatic carbocycles. The minimum Gasteiger partial charge on any atom is -0.402 e. The van der Waals surface area contributed by atoms with Crippen LogP contribution in [0.1, 0.15) is 17.3 Å². The Hall–Kier alpha value is -1.09. The molecule has 3 heteroatoms. The maximum absolute atomic E-state index is 11.4. The molecule has 2 nitrogen and oxygen atoms in total. The quantitative estimate of drug-likeness (QED) is 0.637. The van der Waals surface area contributed by atoms with Crippen LogP contribution in [0.3, 0.4) is 0 Å². The van der Waals surface area contributed by atoms with Crippen molar-refractivity contribution in [1.82, 2.24) is 0 Å². The fourth-order valence-electron chi connectivity index (χ4n) is 0.904. The molecule has 0 aliphatic heterocycles. The largest absolute Gasteiger partial charge is 0.402 e. The molecule has 0 atom stereocenters. The van der Waals surface area contributed by atoms with Crippen molar-refractivity contribution in [1.29, 1.82) is 0 Å². The topological polar surface area (TPSA) is 43.1 Å². The zero-order valence-electron chi connectivity index (χ0n) is 7.25. The van der Waals surface area contributed by atoms with Crippen LogP contribution in [-0.2, 0) is 0 Å². The van der Waals surface area contributed by atoms with Crippen molar-refractivity contribution < 1.29 is 4.79 Å². The molecule has 2 N–H and O–H groups in total. The van der Waals surface area contributed by atoms with Crippen molar-refractivity contribution in [3.63, 3.8) is 0 Å². The van der Waals surface area contributed by atoms with E-state index in [9.17, 15) is 4.79 Å². The second-order valence-corrected chi connectivity index (χ2v) is 3.68. The highest BCUT2D eigenvalue weighted by molar-refractivity contribution is 9.10. The Kier molecular flexibility index (Phi) is 3.25. The van der Waals surface area contributed by atoms with Gasteiger partial charge in [-0.05, 0) is 31.2 Å². The van der Waals surface area contributed by atoms with Gasteiger partial charge in [0.15, 0.2) is 5.78 Å². The predicted molar refractivity (Wildman–Crippen MR) is 56.4 cm³/mol. The number of halogens is 1. The third-order valence-electron chi connectivity index (χ3n) is 1.49. The summed E-state index contributed by atoms with van der Waals surface area (Å²) in [5, 5.41) is 0. The molecular formula is C10H10BrNO. The molecule has 0 aliphatic rings. The lowest BCUT2D eigenvalue weighted by Gasteiger charge is -1.96. The molecule has 0 unspecified atom stereocenters. The van der Waals surface area contributed by atoms with Crippen LogP contribution < -0.4 is 5.73 Å². The molecule has 0 saturated heterocycles. The molecule has 13 heavy (non-hydrogen) atoms. The average Bonchev–Trinajstić information content (AvgIpc) is 2.04. The van der Waals surface area contributed by atoms with Crippen molar-refractivity contribution >= 4 is 21.7 Å². The smallest absolute Gasteiger partial charge is 0.187 e. The van der Waals surface area contributed by atoms with Crippen molar-refractivity contribution in [2.75, 3.05) is 0 Å². The number of ketones is 1. The first-order valence-electron chi connectivity index (χ1n) is 3.83. The van der Waals surface area contributed by atoms with Crippen molar-refractivity contribution in [2.24, 2.45) is 5.73 Å². The van der Waals surface area contributed by atoms with Crippen LogP contribution in [0, 0.1) is 0 Å². The minimum atomic E-state index is -0.0625. The van der Waals surface area contributed by atoms with Gasteiger partial charge in [-0.3, -0.25) is 4.79 Å². The van der Waals surface area contributed by atoms with E-state index in [2.05, 4.69) is 15.9 Å². The monoisotopic (exact) mass is 239 g/mol. The van der Waals surface area contributed by atoms with Gasteiger partial charge in [0, 0.05) is 21.8 Å². The van der Waals surface area contributed by atoms with Crippen LogP contribution in [-0.4, -0.2) is 5.78 Å². The number of benzene rings is 1. The highest BCUT2D eigenvalue weighted by Crippen LogP contribution is 2.11. The summed E-state index contributed by atoms with van der Waals surface area (Å²) in [5.74, 6) is -0.0625.